The zero-order valence-corrected chi connectivity index (χ0v) is 20.5. The molecular formula is C28H38N2O3. The zero-order chi connectivity index (χ0) is 23.7. The molecule has 2 fully saturated rings. The van der Waals surface area contributed by atoms with Crippen molar-refractivity contribution in [3.63, 3.8) is 0 Å². The Morgan fingerprint density at radius 2 is 1.85 bits per heavy atom. The quantitative estimate of drug-likeness (QED) is 0.464. The maximum Gasteiger partial charge on any atom is 0.218 e. The molecular weight excluding hydrogens is 412 g/mol. The Morgan fingerprint density at radius 1 is 1.12 bits per heavy atom. The Hall–Kier alpha value is -2.43. The Balaban J connectivity index is 1.52. The fourth-order valence-electron chi connectivity index (χ4n) is 5.61. The summed E-state index contributed by atoms with van der Waals surface area (Å²) in [5.41, 5.74) is 11.0. The van der Waals surface area contributed by atoms with E-state index in [4.69, 9.17) is 10.3 Å². The molecule has 5 nitrogen and oxygen atoms in total. The van der Waals surface area contributed by atoms with Crippen LogP contribution in [0.4, 0.5) is 0 Å². The lowest BCUT2D eigenvalue weighted by Crippen LogP contribution is -2.24. The van der Waals surface area contributed by atoms with Crippen molar-refractivity contribution in [3.8, 4) is 0 Å². The van der Waals surface area contributed by atoms with Crippen LogP contribution < -0.4 is 5.73 Å². The molecule has 0 radical (unpaired) electrons. The van der Waals surface area contributed by atoms with E-state index in [0.29, 0.717) is 24.2 Å². The topological polar surface area (TPSA) is 86.2 Å². The lowest BCUT2D eigenvalue weighted by Gasteiger charge is -2.35. The van der Waals surface area contributed by atoms with Crippen molar-refractivity contribution in [1.29, 1.82) is 0 Å². The number of hydrogen-bond acceptors (Lipinski definition) is 4. The van der Waals surface area contributed by atoms with E-state index in [9.17, 15) is 9.59 Å². The van der Waals surface area contributed by atoms with Crippen molar-refractivity contribution in [3.05, 3.63) is 51.9 Å². The van der Waals surface area contributed by atoms with Gasteiger partial charge < -0.3 is 10.3 Å². The van der Waals surface area contributed by atoms with Gasteiger partial charge in [-0.3, -0.25) is 9.59 Å². The molecule has 0 spiro atoms. The van der Waals surface area contributed by atoms with Crippen LogP contribution in [0.5, 0.6) is 0 Å². The number of nitrogens with zero attached hydrogens (tertiary/aromatic N) is 1. The molecule has 1 aromatic carbocycles. The minimum atomic E-state index is -0.397. The van der Waals surface area contributed by atoms with Gasteiger partial charge in [-0.15, -0.1) is 0 Å². The number of carbonyl (C=O) groups is 2. The maximum atomic E-state index is 13.1. The average Bonchev–Trinajstić information content (AvgIpc) is 3.44. The van der Waals surface area contributed by atoms with Crippen LogP contribution in [-0.4, -0.2) is 16.8 Å². The van der Waals surface area contributed by atoms with Gasteiger partial charge in [0.25, 0.3) is 0 Å². The Morgan fingerprint density at radius 3 is 2.45 bits per heavy atom. The number of aromatic nitrogens is 1. The normalized spacial score (nSPS) is 21.1. The van der Waals surface area contributed by atoms with E-state index in [-0.39, 0.29) is 24.5 Å². The van der Waals surface area contributed by atoms with Gasteiger partial charge in [-0.1, -0.05) is 42.8 Å². The maximum absolute atomic E-state index is 13.1. The molecule has 178 valence electrons. The lowest BCUT2D eigenvalue weighted by atomic mass is 9.69. The summed E-state index contributed by atoms with van der Waals surface area (Å²) in [6, 6.07) is 6.17. The average molecular weight is 451 g/mol. The minimum Gasteiger partial charge on any atom is -0.370 e. The molecule has 2 saturated carbocycles. The summed E-state index contributed by atoms with van der Waals surface area (Å²) >= 11 is 0. The first-order valence-corrected chi connectivity index (χ1v) is 12.6. The molecule has 4 rings (SSSR count). The highest BCUT2D eigenvalue weighted by atomic mass is 16.5. The van der Waals surface area contributed by atoms with Gasteiger partial charge in [0.15, 0.2) is 0 Å². The highest BCUT2D eigenvalue weighted by molar-refractivity contribution is 5.83. The largest absolute Gasteiger partial charge is 0.370 e. The second-order valence-corrected chi connectivity index (χ2v) is 11.0. The first-order chi connectivity index (χ1) is 15.7. The zero-order valence-electron chi connectivity index (χ0n) is 20.5. The monoisotopic (exact) mass is 450 g/mol. The van der Waals surface area contributed by atoms with E-state index >= 15 is 0 Å². The summed E-state index contributed by atoms with van der Waals surface area (Å²) in [4.78, 5) is 25.0. The van der Waals surface area contributed by atoms with Crippen molar-refractivity contribution < 1.29 is 14.1 Å². The number of nitrogens with two attached hydrogens (primary N) is 1. The van der Waals surface area contributed by atoms with Crippen LogP contribution in [0.1, 0.15) is 110 Å². The first-order valence-electron chi connectivity index (χ1n) is 12.6. The molecule has 0 saturated heterocycles. The van der Waals surface area contributed by atoms with Crippen molar-refractivity contribution in [2.45, 2.75) is 96.8 Å². The summed E-state index contributed by atoms with van der Waals surface area (Å²) in [7, 11) is 0. The standard InChI is InChI=1S/C28H38N2O3/c1-16(2)9-19-11-23(12-19)28-26(20-7-8-20)27(30-33-28)22(15-25(29)32)14-24(31)13-21-6-5-17(3)10-18(21)4/h5-6,10,16,19-20,22-23H,7-9,11-15H2,1-4H3,(H2,29,32)/t19?,22-,23?/m1/s1. The van der Waals surface area contributed by atoms with Crippen LogP contribution in [0.25, 0.3) is 0 Å². The van der Waals surface area contributed by atoms with Gasteiger partial charge in [-0.05, 0) is 74.8 Å². The third-order valence-corrected chi connectivity index (χ3v) is 7.37. The molecule has 1 aromatic heterocycles. The van der Waals surface area contributed by atoms with Crippen LogP contribution in [0.2, 0.25) is 0 Å². The second kappa shape index (κ2) is 9.82. The van der Waals surface area contributed by atoms with Crippen molar-refractivity contribution in [1.82, 2.24) is 5.16 Å². The number of primary amides is 1. The number of amides is 1. The van der Waals surface area contributed by atoms with E-state index in [1.54, 1.807) is 0 Å². The molecule has 2 N–H and O–H groups in total. The fraction of sp³-hybridized carbons (Fsp3) is 0.607. The predicted octanol–water partition coefficient (Wildman–Crippen LogP) is 5.87. The third kappa shape index (κ3) is 5.74. The molecule has 33 heavy (non-hydrogen) atoms. The van der Waals surface area contributed by atoms with E-state index in [2.05, 4.69) is 32.0 Å². The van der Waals surface area contributed by atoms with Gasteiger partial charge in [0.05, 0.1) is 5.69 Å². The van der Waals surface area contributed by atoms with Gasteiger partial charge in [0.1, 0.15) is 11.5 Å². The number of aryl methyl sites for hydroxylation is 2. The number of hydrogen-bond donors (Lipinski definition) is 1. The van der Waals surface area contributed by atoms with E-state index in [1.807, 2.05) is 19.1 Å². The molecule has 0 aliphatic heterocycles. The minimum absolute atomic E-state index is 0.111. The molecule has 2 aliphatic carbocycles. The summed E-state index contributed by atoms with van der Waals surface area (Å²) in [6.45, 7) is 8.64. The summed E-state index contributed by atoms with van der Waals surface area (Å²) in [6.07, 6.45) is 6.58. The van der Waals surface area contributed by atoms with Crippen LogP contribution in [0.3, 0.4) is 0 Å². The van der Waals surface area contributed by atoms with E-state index in [1.165, 1.54) is 17.5 Å². The molecule has 2 aliphatic rings. The van der Waals surface area contributed by atoms with Gasteiger partial charge in [0, 0.05) is 36.7 Å². The highest BCUT2D eigenvalue weighted by Gasteiger charge is 2.41. The number of Topliss-reactive ketones (excluding diaryl/α,β-unsaturated/α-hetero) is 1. The second-order valence-electron chi connectivity index (χ2n) is 11.0. The molecule has 0 bridgehead atoms. The SMILES string of the molecule is Cc1ccc(CC(=O)C[C@H](CC(N)=O)c2noc(C3CC(CC(C)C)C3)c2C2CC2)c(C)c1. The molecule has 2 aromatic rings. The van der Waals surface area contributed by atoms with E-state index in [0.717, 1.165) is 54.2 Å². The van der Waals surface area contributed by atoms with Crippen molar-refractivity contribution >= 4 is 11.7 Å². The van der Waals surface area contributed by atoms with Crippen molar-refractivity contribution in [2.24, 2.45) is 17.6 Å². The summed E-state index contributed by atoms with van der Waals surface area (Å²) < 4.78 is 5.94. The van der Waals surface area contributed by atoms with Gasteiger partial charge in [-0.25, -0.2) is 0 Å². The first kappa shape index (κ1) is 23.7. The summed E-state index contributed by atoms with van der Waals surface area (Å²) in [5, 5.41) is 4.47. The predicted molar refractivity (Wildman–Crippen MR) is 129 cm³/mol. The Bertz CT molecular complexity index is 1010. The van der Waals surface area contributed by atoms with Crippen molar-refractivity contribution in [2.75, 3.05) is 0 Å². The number of benzene rings is 1. The number of rotatable bonds is 11. The smallest absolute Gasteiger partial charge is 0.218 e. The Kier molecular flexibility index (Phi) is 7.06. The Labute approximate surface area is 197 Å². The number of carbonyl (C=O) groups excluding carboxylic acids is 2. The number of ketones is 1. The molecule has 1 atom stereocenters. The fourth-order valence-corrected chi connectivity index (χ4v) is 5.61. The van der Waals surface area contributed by atoms with Gasteiger partial charge in [0.2, 0.25) is 5.91 Å². The molecule has 1 heterocycles. The van der Waals surface area contributed by atoms with Crippen LogP contribution >= 0.6 is 0 Å². The van der Waals surface area contributed by atoms with Crippen LogP contribution in [0, 0.1) is 25.7 Å². The van der Waals surface area contributed by atoms with Gasteiger partial charge in [-0.2, -0.15) is 0 Å². The third-order valence-electron chi connectivity index (χ3n) is 7.37. The highest BCUT2D eigenvalue weighted by Crippen LogP contribution is 2.52. The lowest BCUT2D eigenvalue weighted by molar-refractivity contribution is -0.120. The van der Waals surface area contributed by atoms with E-state index < -0.39 is 5.91 Å². The summed E-state index contributed by atoms with van der Waals surface area (Å²) in [5.74, 6) is 2.78. The molecule has 5 heteroatoms. The van der Waals surface area contributed by atoms with Gasteiger partial charge >= 0.3 is 0 Å². The molecule has 1 amide bonds. The van der Waals surface area contributed by atoms with Crippen LogP contribution in [0.15, 0.2) is 22.7 Å². The van der Waals surface area contributed by atoms with Crippen LogP contribution in [-0.2, 0) is 16.0 Å². The molecule has 0 unspecified atom stereocenters.